The van der Waals surface area contributed by atoms with Crippen LogP contribution in [0.2, 0.25) is 0 Å². The summed E-state index contributed by atoms with van der Waals surface area (Å²) >= 11 is 0. The Labute approximate surface area is 176 Å². The summed E-state index contributed by atoms with van der Waals surface area (Å²) in [5, 5.41) is 9.46. The van der Waals surface area contributed by atoms with Crippen LogP contribution in [0.4, 0.5) is 5.69 Å². The predicted octanol–water partition coefficient (Wildman–Crippen LogP) is 1.54. The topological polar surface area (TPSA) is 99.8 Å². The van der Waals surface area contributed by atoms with Crippen molar-refractivity contribution >= 4 is 23.4 Å². The summed E-state index contributed by atoms with van der Waals surface area (Å²) in [7, 11) is 0. The van der Waals surface area contributed by atoms with Gasteiger partial charge in [-0.2, -0.15) is 0 Å². The van der Waals surface area contributed by atoms with E-state index in [9.17, 15) is 14.4 Å². The number of carbonyl (C=O) groups is 3. The Morgan fingerprint density at radius 2 is 2.17 bits per heavy atom. The van der Waals surface area contributed by atoms with Crippen molar-refractivity contribution in [1.82, 2.24) is 15.5 Å². The van der Waals surface area contributed by atoms with Crippen LogP contribution in [0.5, 0.6) is 0 Å². The molecule has 4 rings (SSSR count). The Bertz CT molecular complexity index is 852. The molecule has 3 N–H and O–H groups in total. The molecule has 3 heterocycles. The smallest absolute Gasteiger partial charge is 0.255 e. The summed E-state index contributed by atoms with van der Waals surface area (Å²) < 4.78 is 5.55. The number of likely N-dealkylation sites (tertiary alicyclic amines) is 1. The zero-order valence-corrected chi connectivity index (χ0v) is 17.6. The van der Waals surface area contributed by atoms with Gasteiger partial charge in [0.1, 0.15) is 11.7 Å². The van der Waals surface area contributed by atoms with Crippen LogP contribution in [-0.2, 0) is 14.3 Å². The third-order valence-corrected chi connectivity index (χ3v) is 6.39. The maximum atomic E-state index is 12.8. The van der Waals surface area contributed by atoms with Crippen molar-refractivity contribution in [3.63, 3.8) is 0 Å². The van der Waals surface area contributed by atoms with Gasteiger partial charge < -0.3 is 25.6 Å². The first-order chi connectivity index (χ1) is 14.4. The summed E-state index contributed by atoms with van der Waals surface area (Å²) in [6.45, 7) is 5.34. The number of amides is 3. The average molecular weight is 415 g/mol. The molecule has 30 heavy (non-hydrogen) atoms. The van der Waals surface area contributed by atoms with Gasteiger partial charge >= 0.3 is 0 Å². The lowest BCUT2D eigenvalue weighted by atomic mass is 9.94. The molecule has 1 aromatic rings. The summed E-state index contributed by atoms with van der Waals surface area (Å²) in [5.41, 5.74) is 1.78. The highest BCUT2D eigenvalue weighted by Gasteiger charge is 2.41. The molecule has 0 aromatic heterocycles. The minimum Gasteiger partial charge on any atom is -0.376 e. The third-order valence-electron chi connectivity index (χ3n) is 6.39. The Morgan fingerprint density at radius 3 is 2.93 bits per heavy atom. The molecular formula is C22H30N4O4. The molecule has 2 fully saturated rings. The van der Waals surface area contributed by atoms with Crippen molar-refractivity contribution < 1.29 is 19.1 Å². The molecular weight excluding hydrogens is 384 g/mol. The zero-order valence-electron chi connectivity index (χ0n) is 17.6. The van der Waals surface area contributed by atoms with Gasteiger partial charge in [0, 0.05) is 38.2 Å². The minimum absolute atomic E-state index is 0.0643. The van der Waals surface area contributed by atoms with Crippen LogP contribution in [0, 0.1) is 6.92 Å². The molecule has 2 saturated heterocycles. The molecule has 3 atom stereocenters. The fourth-order valence-electron chi connectivity index (χ4n) is 4.53. The zero-order chi connectivity index (χ0) is 21.3. The Balaban J connectivity index is 1.42. The number of carbonyl (C=O) groups excluding carboxylic acids is 3. The second-order valence-electron chi connectivity index (χ2n) is 8.60. The number of ether oxygens (including phenoxy) is 1. The number of hydrogen-bond acceptors (Lipinski definition) is 5. The van der Waals surface area contributed by atoms with Crippen LogP contribution in [0.15, 0.2) is 18.2 Å². The molecule has 3 amide bonds. The normalized spacial score (nSPS) is 27.1. The lowest BCUT2D eigenvalue weighted by Gasteiger charge is -2.40. The largest absolute Gasteiger partial charge is 0.376 e. The number of nitrogens with one attached hydrogen (secondary N) is 3. The molecule has 0 aliphatic carbocycles. The number of anilines is 1. The fraction of sp³-hybridized carbons (Fsp3) is 0.591. The Hall–Kier alpha value is -2.61. The van der Waals surface area contributed by atoms with E-state index < -0.39 is 11.7 Å². The van der Waals surface area contributed by atoms with E-state index in [1.807, 2.05) is 25.1 Å². The number of benzene rings is 1. The molecule has 1 spiro atoms. The van der Waals surface area contributed by atoms with Crippen molar-refractivity contribution in [1.29, 1.82) is 0 Å². The molecule has 8 nitrogen and oxygen atoms in total. The van der Waals surface area contributed by atoms with Gasteiger partial charge in [0.05, 0.1) is 11.7 Å². The van der Waals surface area contributed by atoms with Gasteiger partial charge in [-0.1, -0.05) is 6.07 Å². The van der Waals surface area contributed by atoms with E-state index in [1.54, 1.807) is 11.8 Å². The van der Waals surface area contributed by atoms with Gasteiger partial charge in [0.15, 0.2) is 0 Å². The second-order valence-corrected chi connectivity index (χ2v) is 8.60. The van der Waals surface area contributed by atoms with E-state index in [2.05, 4.69) is 16.0 Å². The van der Waals surface area contributed by atoms with Crippen LogP contribution in [0.3, 0.4) is 0 Å². The molecule has 3 aliphatic heterocycles. The molecule has 1 aromatic carbocycles. The van der Waals surface area contributed by atoms with Gasteiger partial charge in [0.2, 0.25) is 11.8 Å². The highest BCUT2D eigenvalue weighted by atomic mass is 16.5. The molecule has 3 aliphatic rings. The van der Waals surface area contributed by atoms with Gasteiger partial charge in [-0.25, -0.2) is 0 Å². The van der Waals surface area contributed by atoms with Gasteiger partial charge in [0.25, 0.3) is 5.91 Å². The van der Waals surface area contributed by atoms with Gasteiger partial charge in [-0.15, -0.1) is 0 Å². The van der Waals surface area contributed by atoms with Crippen molar-refractivity contribution in [2.75, 3.05) is 25.0 Å². The second kappa shape index (κ2) is 8.26. The quantitative estimate of drug-likeness (QED) is 0.694. The SMILES string of the molecule is Cc1ccc2c(c1)N[C@]1(CCC(=O)N([C@H](C)C(=O)NC[C@@H]3CCCO3)CC1)NC2=O. The number of hydrogen-bond donors (Lipinski definition) is 3. The van der Waals surface area contributed by atoms with E-state index in [-0.39, 0.29) is 30.2 Å². The van der Waals surface area contributed by atoms with E-state index in [1.165, 1.54) is 0 Å². The molecule has 0 radical (unpaired) electrons. The van der Waals surface area contributed by atoms with Gasteiger partial charge in [-0.05, 0) is 50.8 Å². The van der Waals surface area contributed by atoms with E-state index in [4.69, 9.17) is 4.74 Å². The highest BCUT2D eigenvalue weighted by Crippen LogP contribution is 2.32. The lowest BCUT2D eigenvalue weighted by Crippen LogP contribution is -2.58. The van der Waals surface area contributed by atoms with E-state index in [0.29, 0.717) is 31.5 Å². The summed E-state index contributed by atoms with van der Waals surface area (Å²) in [4.78, 5) is 39.7. The lowest BCUT2D eigenvalue weighted by molar-refractivity contribution is -0.139. The van der Waals surface area contributed by atoms with Crippen LogP contribution in [-0.4, -0.2) is 60.1 Å². The first-order valence-electron chi connectivity index (χ1n) is 10.8. The van der Waals surface area contributed by atoms with E-state index >= 15 is 0 Å². The molecule has 162 valence electrons. The first kappa shape index (κ1) is 20.7. The standard InChI is InChI=1S/C22H30N4O4/c1-14-5-6-17-18(12-14)24-22(25-21(17)29)8-7-19(27)26(10-9-22)15(2)20(28)23-13-16-4-3-11-30-16/h5-6,12,15-16,24H,3-4,7-11,13H2,1-2H3,(H,23,28)(H,25,29)/t15-,16+,22-/m1/s1. The summed E-state index contributed by atoms with van der Waals surface area (Å²) in [6, 6.07) is 5.12. The maximum absolute atomic E-state index is 12.8. The number of nitrogens with zero attached hydrogens (tertiary/aromatic N) is 1. The van der Waals surface area contributed by atoms with Crippen molar-refractivity contribution in [2.45, 2.75) is 63.8 Å². The number of fused-ring (bicyclic) bond motifs is 1. The molecule has 0 saturated carbocycles. The first-order valence-corrected chi connectivity index (χ1v) is 10.8. The van der Waals surface area contributed by atoms with Crippen molar-refractivity contribution in [2.24, 2.45) is 0 Å². The predicted molar refractivity (Wildman–Crippen MR) is 112 cm³/mol. The summed E-state index contributed by atoms with van der Waals surface area (Å²) in [5.74, 6) is -0.374. The van der Waals surface area contributed by atoms with Crippen LogP contribution >= 0.6 is 0 Å². The van der Waals surface area contributed by atoms with Crippen molar-refractivity contribution in [3.8, 4) is 0 Å². The Kier molecular flexibility index (Phi) is 5.69. The van der Waals surface area contributed by atoms with E-state index in [0.717, 1.165) is 30.7 Å². The molecule has 0 unspecified atom stereocenters. The average Bonchev–Trinajstić information content (AvgIpc) is 3.18. The van der Waals surface area contributed by atoms with Crippen LogP contribution in [0.1, 0.15) is 54.9 Å². The van der Waals surface area contributed by atoms with Crippen LogP contribution in [0.25, 0.3) is 0 Å². The maximum Gasteiger partial charge on any atom is 0.255 e. The minimum atomic E-state index is -0.684. The Morgan fingerprint density at radius 1 is 1.33 bits per heavy atom. The number of rotatable bonds is 4. The highest BCUT2D eigenvalue weighted by molar-refractivity contribution is 6.02. The van der Waals surface area contributed by atoms with Crippen molar-refractivity contribution in [3.05, 3.63) is 29.3 Å². The fourth-order valence-corrected chi connectivity index (χ4v) is 4.53. The van der Waals surface area contributed by atoms with Gasteiger partial charge in [-0.3, -0.25) is 14.4 Å². The monoisotopic (exact) mass is 414 g/mol. The summed E-state index contributed by atoms with van der Waals surface area (Å²) in [6.07, 6.45) is 3.30. The van der Waals surface area contributed by atoms with Crippen LogP contribution < -0.4 is 16.0 Å². The number of aryl methyl sites for hydroxylation is 1. The molecule has 8 heteroatoms. The third kappa shape index (κ3) is 4.14. The molecule has 0 bridgehead atoms.